The lowest BCUT2D eigenvalue weighted by atomic mass is 10.1. The van der Waals surface area contributed by atoms with Crippen molar-refractivity contribution in [2.24, 2.45) is 0 Å². The van der Waals surface area contributed by atoms with Crippen LogP contribution < -0.4 is 0 Å². The number of ketones is 1. The van der Waals surface area contributed by atoms with Crippen LogP contribution in [0.3, 0.4) is 0 Å². The Balaban J connectivity index is 2.20. The Morgan fingerprint density at radius 3 is 2.35 bits per heavy atom. The van der Waals surface area contributed by atoms with Crippen molar-refractivity contribution >= 4 is 17.6 Å². The second-order valence-electron chi connectivity index (χ2n) is 4.82. The van der Waals surface area contributed by atoms with Gasteiger partial charge in [-0.1, -0.05) is 0 Å². The molecule has 0 aromatic carbocycles. The summed E-state index contributed by atoms with van der Waals surface area (Å²) in [6.07, 6.45) is 0. The molecule has 20 heavy (non-hydrogen) atoms. The summed E-state index contributed by atoms with van der Waals surface area (Å²) in [4.78, 5) is 36.5. The average molecular weight is 278 g/mol. The van der Waals surface area contributed by atoms with Crippen LogP contribution in [-0.4, -0.2) is 46.8 Å². The molecule has 0 bridgehead atoms. The summed E-state index contributed by atoms with van der Waals surface area (Å²) in [6, 6.07) is 1.80. The van der Waals surface area contributed by atoms with E-state index >= 15 is 0 Å². The molecule has 2 amide bonds. The van der Waals surface area contributed by atoms with E-state index in [2.05, 4.69) is 0 Å². The summed E-state index contributed by atoms with van der Waals surface area (Å²) in [6.45, 7) is 6.07. The van der Waals surface area contributed by atoms with Gasteiger partial charge in [0.2, 0.25) is 0 Å². The zero-order valence-corrected chi connectivity index (χ0v) is 11.9. The van der Waals surface area contributed by atoms with Gasteiger partial charge in [0.1, 0.15) is 13.2 Å². The van der Waals surface area contributed by atoms with Gasteiger partial charge in [-0.25, -0.2) is 0 Å². The van der Waals surface area contributed by atoms with Crippen molar-refractivity contribution in [3.8, 4) is 0 Å². The maximum Gasteiger partial charge on any atom is 0.255 e. The monoisotopic (exact) mass is 278 g/mol. The summed E-state index contributed by atoms with van der Waals surface area (Å²) in [5, 5.41) is 0. The Labute approximate surface area is 117 Å². The largest absolute Gasteiger partial charge is 0.362 e. The number of Topliss-reactive ketones (excluding diaryl/α,β-unsaturated/α-hetero) is 1. The Hall–Kier alpha value is -1.95. The van der Waals surface area contributed by atoms with E-state index in [1.165, 1.54) is 0 Å². The van der Waals surface area contributed by atoms with Crippen LogP contribution in [0.1, 0.15) is 28.7 Å². The fraction of sp³-hybridized carbons (Fsp3) is 0.500. The molecule has 1 aliphatic heterocycles. The van der Waals surface area contributed by atoms with Crippen molar-refractivity contribution in [1.82, 2.24) is 9.47 Å². The van der Waals surface area contributed by atoms with Crippen molar-refractivity contribution in [3.05, 3.63) is 23.0 Å². The molecule has 0 N–H and O–H groups in total. The van der Waals surface area contributed by atoms with Crippen LogP contribution in [0, 0.1) is 13.8 Å². The van der Waals surface area contributed by atoms with Crippen LogP contribution in [0.2, 0.25) is 0 Å². The van der Waals surface area contributed by atoms with E-state index in [4.69, 9.17) is 4.74 Å². The zero-order valence-electron chi connectivity index (χ0n) is 11.9. The molecule has 2 rings (SSSR count). The molecule has 6 nitrogen and oxygen atoms in total. The van der Waals surface area contributed by atoms with Crippen LogP contribution in [0.15, 0.2) is 6.07 Å². The third kappa shape index (κ3) is 2.51. The van der Waals surface area contributed by atoms with Crippen LogP contribution in [-0.2, 0) is 20.9 Å². The summed E-state index contributed by atoms with van der Waals surface area (Å²) < 4.78 is 6.84. The number of carbonyl (C=O) groups is 3. The highest BCUT2D eigenvalue weighted by atomic mass is 16.5. The van der Waals surface area contributed by atoms with Gasteiger partial charge in [0.15, 0.2) is 5.78 Å². The number of morpholine rings is 1. The molecule has 6 heteroatoms. The van der Waals surface area contributed by atoms with Gasteiger partial charge in [0.05, 0.1) is 6.54 Å². The third-order valence-corrected chi connectivity index (χ3v) is 3.55. The summed E-state index contributed by atoms with van der Waals surface area (Å²) in [7, 11) is 0. The lowest BCUT2D eigenvalue weighted by Gasteiger charge is -2.24. The van der Waals surface area contributed by atoms with E-state index in [1.54, 1.807) is 6.07 Å². The predicted octanol–water partition coefficient (Wildman–Crippen LogP) is 0.693. The van der Waals surface area contributed by atoms with Gasteiger partial charge in [0.25, 0.3) is 11.8 Å². The molecule has 1 aromatic rings. The van der Waals surface area contributed by atoms with Crippen LogP contribution >= 0.6 is 0 Å². The first kappa shape index (κ1) is 14.5. The van der Waals surface area contributed by atoms with Crippen molar-refractivity contribution in [1.29, 1.82) is 0 Å². The number of amides is 2. The fourth-order valence-corrected chi connectivity index (χ4v) is 2.50. The number of imide groups is 1. The van der Waals surface area contributed by atoms with Crippen LogP contribution in [0.25, 0.3) is 0 Å². The first-order valence-electron chi connectivity index (χ1n) is 6.56. The molecule has 1 fully saturated rings. The predicted molar refractivity (Wildman–Crippen MR) is 71.4 cm³/mol. The third-order valence-electron chi connectivity index (χ3n) is 3.55. The van der Waals surface area contributed by atoms with Gasteiger partial charge in [-0.3, -0.25) is 19.3 Å². The average Bonchev–Trinajstić information content (AvgIpc) is 2.69. The summed E-state index contributed by atoms with van der Waals surface area (Å²) in [5.74, 6) is -1.14. The standard InChI is InChI=1S/C14H18N2O4/c1-4-15-9(2)5-11(10(15)3)12(17)6-16-13(18)7-20-8-14(16)19/h5H,4,6-8H2,1-3H3. The molecule has 0 aliphatic carbocycles. The van der Waals surface area contributed by atoms with E-state index in [1.807, 2.05) is 25.3 Å². The SMILES string of the molecule is CCn1c(C)cc(C(=O)CN2C(=O)COCC2=O)c1C. The maximum absolute atomic E-state index is 12.3. The van der Waals surface area contributed by atoms with E-state index in [-0.39, 0.29) is 25.5 Å². The number of rotatable bonds is 4. The number of carbonyl (C=O) groups excluding carboxylic acids is 3. The maximum atomic E-state index is 12.3. The van der Waals surface area contributed by atoms with Crippen molar-refractivity contribution in [2.45, 2.75) is 27.3 Å². The molecule has 0 unspecified atom stereocenters. The molecule has 0 saturated carbocycles. The molecule has 0 atom stereocenters. The van der Waals surface area contributed by atoms with E-state index < -0.39 is 11.8 Å². The second-order valence-corrected chi connectivity index (χ2v) is 4.82. The first-order chi connectivity index (χ1) is 9.45. The fourth-order valence-electron chi connectivity index (χ4n) is 2.50. The highest BCUT2D eigenvalue weighted by Gasteiger charge is 2.29. The molecule has 1 aromatic heterocycles. The number of ether oxygens (including phenoxy) is 1. The molecule has 1 saturated heterocycles. The quantitative estimate of drug-likeness (QED) is 0.600. The van der Waals surface area contributed by atoms with Gasteiger partial charge >= 0.3 is 0 Å². The highest BCUT2D eigenvalue weighted by molar-refractivity contribution is 6.06. The Morgan fingerprint density at radius 2 is 1.85 bits per heavy atom. The Kier molecular flexibility index (Phi) is 4.04. The molecular formula is C14H18N2O4. The number of hydrogen-bond donors (Lipinski definition) is 0. The number of nitrogens with zero attached hydrogens (tertiary/aromatic N) is 2. The van der Waals surface area contributed by atoms with E-state index in [0.29, 0.717) is 5.56 Å². The van der Waals surface area contributed by atoms with Crippen LogP contribution in [0.5, 0.6) is 0 Å². The van der Waals surface area contributed by atoms with Gasteiger partial charge in [-0.2, -0.15) is 0 Å². The van der Waals surface area contributed by atoms with Crippen molar-refractivity contribution < 1.29 is 19.1 Å². The minimum absolute atomic E-state index is 0.146. The molecule has 2 heterocycles. The normalized spacial score (nSPS) is 15.8. The smallest absolute Gasteiger partial charge is 0.255 e. The van der Waals surface area contributed by atoms with Gasteiger partial charge in [-0.15, -0.1) is 0 Å². The highest BCUT2D eigenvalue weighted by Crippen LogP contribution is 2.16. The lowest BCUT2D eigenvalue weighted by molar-refractivity contribution is -0.157. The molecule has 1 aliphatic rings. The van der Waals surface area contributed by atoms with Gasteiger partial charge in [-0.05, 0) is 26.8 Å². The molecule has 0 spiro atoms. The minimum atomic E-state index is -0.459. The number of hydrogen-bond acceptors (Lipinski definition) is 4. The summed E-state index contributed by atoms with van der Waals surface area (Å²) in [5.41, 5.74) is 2.42. The number of aromatic nitrogens is 1. The van der Waals surface area contributed by atoms with E-state index in [0.717, 1.165) is 22.8 Å². The van der Waals surface area contributed by atoms with Gasteiger partial charge < -0.3 is 9.30 Å². The first-order valence-corrected chi connectivity index (χ1v) is 6.56. The van der Waals surface area contributed by atoms with Crippen molar-refractivity contribution in [2.75, 3.05) is 19.8 Å². The van der Waals surface area contributed by atoms with Gasteiger partial charge in [0, 0.05) is 23.5 Å². The molecular weight excluding hydrogens is 260 g/mol. The minimum Gasteiger partial charge on any atom is -0.362 e. The second kappa shape index (κ2) is 5.58. The lowest BCUT2D eigenvalue weighted by Crippen LogP contribution is -2.48. The zero-order chi connectivity index (χ0) is 14.9. The Morgan fingerprint density at radius 1 is 1.25 bits per heavy atom. The molecule has 108 valence electrons. The number of aryl methyl sites for hydroxylation is 1. The van der Waals surface area contributed by atoms with E-state index in [9.17, 15) is 14.4 Å². The summed E-state index contributed by atoms with van der Waals surface area (Å²) >= 11 is 0. The molecule has 0 radical (unpaired) electrons. The van der Waals surface area contributed by atoms with Crippen molar-refractivity contribution in [3.63, 3.8) is 0 Å². The Bertz CT molecular complexity index is 558. The topological polar surface area (TPSA) is 68.6 Å². The van der Waals surface area contributed by atoms with Crippen LogP contribution in [0.4, 0.5) is 0 Å².